The van der Waals surface area contributed by atoms with E-state index in [1.165, 1.54) is 5.69 Å². The summed E-state index contributed by atoms with van der Waals surface area (Å²) < 4.78 is 12.8. The zero-order valence-corrected chi connectivity index (χ0v) is 13.1. The van der Waals surface area contributed by atoms with Crippen molar-refractivity contribution in [1.82, 2.24) is 14.5 Å². The van der Waals surface area contributed by atoms with Crippen LogP contribution >= 0.6 is 0 Å². The maximum atomic E-state index is 12.7. The Labute approximate surface area is 134 Å². The second kappa shape index (κ2) is 5.61. The maximum absolute atomic E-state index is 12.7. The molecule has 2 aliphatic heterocycles. The van der Waals surface area contributed by atoms with Gasteiger partial charge in [0.2, 0.25) is 12.7 Å². The van der Waals surface area contributed by atoms with Gasteiger partial charge in [-0.25, -0.2) is 4.98 Å². The fourth-order valence-electron chi connectivity index (χ4n) is 3.28. The van der Waals surface area contributed by atoms with Gasteiger partial charge in [0, 0.05) is 32.0 Å². The van der Waals surface area contributed by atoms with Gasteiger partial charge < -0.3 is 18.9 Å². The fourth-order valence-corrected chi connectivity index (χ4v) is 3.28. The number of rotatable bonds is 3. The van der Waals surface area contributed by atoms with Crippen LogP contribution in [0.5, 0.6) is 11.5 Å². The van der Waals surface area contributed by atoms with Gasteiger partial charge in [-0.05, 0) is 30.5 Å². The molecule has 0 spiro atoms. The second-order valence-corrected chi connectivity index (χ2v) is 6.15. The first-order valence-electron chi connectivity index (χ1n) is 7.83. The molecule has 0 radical (unpaired) electrons. The topological polar surface area (TPSA) is 56.6 Å². The van der Waals surface area contributed by atoms with Gasteiger partial charge in [0.1, 0.15) is 0 Å². The highest BCUT2D eigenvalue weighted by molar-refractivity contribution is 5.78. The molecule has 2 aromatic rings. The average Bonchev–Trinajstić information content (AvgIpc) is 3.21. The molecular formula is C17H19N3O3. The summed E-state index contributed by atoms with van der Waals surface area (Å²) >= 11 is 0. The lowest BCUT2D eigenvalue weighted by Crippen LogP contribution is -2.36. The predicted molar refractivity (Wildman–Crippen MR) is 83.1 cm³/mol. The lowest BCUT2D eigenvalue weighted by molar-refractivity contribution is -0.135. The van der Waals surface area contributed by atoms with Crippen molar-refractivity contribution in [3.63, 3.8) is 0 Å². The number of aromatic nitrogens is 2. The number of imidazole rings is 1. The standard InChI is InChI=1S/C17H19N3O3/c1-19(8-12-2-5-15-16(6-12)23-11-22-15)17(21)13-3-4-14-7-18-10-20(14)9-13/h2,5-7,10,13H,3-4,8-9,11H2,1H3. The number of hydrogen-bond acceptors (Lipinski definition) is 4. The predicted octanol–water partition coefficient (Wildman–Crippen LogP) is 1.83. The van der Waals surface area contributed by atoms with Crippen LogP contribution in [0.15, 0.2) is 30.7 Å². The Balaban J connectivity index is 1.43. The van der Waals surface area contributed by atoms with E-state index in [1.54, 1.807) is 4.90 Å². The van der Waals surface area contributed by atoms with Crippen molar-refractivity contribution in [3.8, 4) is 11.5 Å². The lowest BCUT2D eigenvalue weighted by atomic mass is 9.96. The summed E-state index contributed by atoms with van der Waals surface area (Å²) in [4.78, 5) is 18.7. The van der Waals surface area contributed by atoms with Crippen LogP contribution < -0.4 is 9.47 Å². The van der Waals surface area contributed by atoms with Crippen molar-refractivity contribution in [2.75, 3.05) is 13.8 Å². The molecule has 23 heavy (non-hydrogen) atoms. The number of carbonyl (C=O) groups is 1. The Bertz CT molecular complexity index is 740. The van der Waals surface area contributed by atoms with E-state index in [2.05, 4.69) is 9.55 Å². The molecule has 0 bridgehead atoms. The normalized spacial score (nSPS) is 18.6. The minimum atomic E-state index is 0.0238. The molecule has 1 amide bonds. The first-order valence-corrected chi connectivity index (χ1v) is 7.83. The molecule has 1 atom stereocenters. The highest BCUT2D eigenvalue weighted by Crippen LogP contribution is 2.33. The van der Waals surface area contributed by atoms with Crippen molar-refractivity contribution < 1.29 is 14.3 Å². The summed E-state index contributed by atoms with van der Waals surface area (Å²) in [5.41, 5.74) is 2.26. The minimum Gasteiger partial charge on any atom is -0.454 e. The molecule has 3 heterocycles. The summed E-state index contributed by atoms with van der Waals surface area (Å²) in [7, 11) is 1.86. The summed E-state index contributed by atoms with van der Waals surface area (Å²) in [6.07, 6.45) is 5.49. The van der Waals surface area contributed by atoms with Crippen LogP contribution in [-0.2, 0) is 24.3 Å². The van der Waals surface area contributed by atoms with E-state index in [4.69, 9.17) is 9.47 Å². The first kappa shape index (κ1) is 14.1. The van der Waals surface area contributed by atoms with E-state index in [0.717, 1.165) is 36.4 Å². The van der Waals surface area contributed by atoms with Crippen LogP contribution in [-0.4, -0.2) is 34.2 Å². The summed E-state index contributed by atoms with van der Waals surface area (Å²) in [6.45, 7) is 1.56. The number of nitrogens with zero attached hydrogens (tertiary/aromatic N) is 3. The largest absolute Gasteiger partial charge is 0.454 e. The third kappa shape index (κ3) is 2.65. The molecule has 6 heteroatoms. The van der Waals surface area contributed by atoms with E-state index in [9.17, 15) is 4.79 Å². The average molecular weight is 313 g/mol. The Morgan fingerprint density at radius 1 is 1.39 bits per heavy atom. The van der Waals surface area contributed by atoms with Crippen LogP contribution in [0.1, 0.15) is 17.7 Å². The van der Waals surface area contributed by atoms with E-state index in [0.29, 0.717) is 6.54 Å². The molecule has 0 fully saturated rings. The monoisotopic (exact) mass is 313 g/mol. The number of benzene rings is 1. The van der Waals surface area contributed by atoms with E-state index in [1.807, 2.05) is 37.8 Å². The van der Waals surface area contributed by atoms with Crippen LogP contribution in [0, 0.1) is 5.92 Å². The number of hydrogen-bond donors (Lipinski definition) is 0. The Kier molecular flexibility index (Phi) is 3.44. The quantitative estimate of drug-likeness (QED) is 0.867. The summed E-state index contributed by atoms with van der Waals surface area (Å²) in [5.74, 6) is 1.73. The zero-order valence-electron chi connectivity index (χ0n) is 13.1. The Morgan fingerprint density at radius 2 is 2.26 bits per heavy atom. The molecule has 0 saturated heterocycles. The van der Waals surface area contributed by atoms with Crippen molar-refractivity contribution >= 4 is 5.91 Å². The highest BCUT2D eigenvalue weighted by atomic mass is 16.7. The van der Waals surface area contributed by atoms with E-state index < -0.39 is 0 Å². The van der Waals surface area contributed by atoms with Crippen LogP contribution in [0.3, 0.4) is 0 Å². The third-order valence-corrected chi connectivity index (χ3v) is 4.55. The minimum absolute atomic E-state index is 0.0238. The Hall–Kier alpha value is -2.50. The third-order valence-electron chi connectivity index (χ3n) is 4.55. The Morgan fingerprint density at radius 3 is 3.17 bits per heavy atom. The van der Waals surface area contributed by atoms with Crippen molar-refractivity contribution in [1.29, 1.82) is 0 Å². The maximum Gasteiger partial charge on any atom is 0.231 e. The SMILES string of the molecule is CN(Cc1ccc2c(c1)OCO2)C(=O)C1CCc2cncn2C1. The van der Waals surface area contributed by atoms with E-state index in [-0.39, 0.29) is 18.6 Å². The van der Waals surface area contributed by atoms with Crippen LogP contribution in [0.4, 0.5) is 0 Å². The molecule has 4 rings (SSSR count). The molecule has 1 aromatic carbocycles. The van der Waals surface area contributed by atoms with Gasteiger partial charge >= 0.3 is 0 Å². The van der Waals surface area contributed by atoms with Gasteiger partial charge in [0.25, 0.3) is 0 Å². The highest BCUT2D eigenvalue weighted by Gasteiger charge is 2.27. The van der Waals surface area contributed by atoms with Gasteiger partial charge in [0.15, 0.2) is 11.5 Å². The molecule has 120 valence electrons. The molecule has 0 aliphatic carbocycles. The van der Waals surface area contributed by atoms with Crippen LogP contribution in [0.2, 0.25) is 0 Å². The van der Waals surface area contributed by atoms with Gasteiger partial charge in [-0.3, -0.25) is 4.79 Å². The smallest absolute Gasteiger partial charge is 0.231 e. The van der Waals surface area contributed by atoms with Gasteiger partial charge in [-0.1, -0.05) is 6.07 Å². The molecule has 1 unspecified atom stereocenters. The first-order chi connectivity index (χ1) is 11.2. The van der Waals surface area contributed by atoms with Crippen molar-refractivity contribution in [2.45, 2.75) is 25.9 Å². The number of amides is 1. The lowest BCUT2D eigenvalue weighted by Gasteiger charge is -2.27. The number of carbonyl (C=O) groups excluding carboxylic acids is 1. The van der Waals surface area contributed by atoms with Crippen molar-refractivity contribution in [2.24, 2.45) is 5.92 Å². The number of fused-ring (bicyclic) bond motifs is 2. The molecular weight excluding hydrogens is 294 g/mol. The van der Waals surface area contributed by atoms with E-state index >= 15 is 0 Å². The fraction of sp³-hybridized carbons (Fsp3) is 0.412. The van der Waals surface area contributed by atoms with Gasteiger partial charge in [-0.15, -0.1) is 0 Å². The van der Waals surface area contributed by atoms with Gasteiger partial charge in [-0.2, -0.15) is 0 Å². The molecule has 6 nitrogen and oxygen atoms in total. The number of ether oxygens (including phenoxy) is 2. The molecule has 1 aromatic heterocycles. The molecule has 2 aliphatic rings. The number of aryl methyl sites for hydroxylation is 1. The summed E-state index contributed by atoms with van der Waals surface area (Å²) in [5, 5.41) is 0. The van der Waals surface area contributed by atoms with Crippen molar-refractivity contribution in [3.05, 3.63) is 42.0 Å². The van der Waals surface area contributed by atoms with Crippen LogP contribution in [0.25, 0.3) is 0 Å². The molecule has 0 N–H and O–H groups in total. The zero-order chi connectivity index (χ0) is 15.8. The summed E-state index contributed by atoms with van der Waals surface area (Å²) in [6, 6.07) is 5.82. The second-order valence-electron chi connectivity index (χ2n) is 6.15. The molecule has 0 saturated carbocycles. The van der Waals surface area contributed by atoms with Gasteiger partial charge in [0.05, 0.1) is 12.2 Å².